The van der Waals surface area contributed by atoms with Crippen LogP contribution in [0.4, 0.5) is 0 Å². The average Bonchev–Trinajstić information content (AvgIpc) is 2.12. The van der Waals surface area contributed by atoms with Crippen LogP contribution in [-0.2, 0) is 4.43 Å². The highest BCUT2D eigenvalue weighted by atomic mass is 127. The van der Waals surface area contributed by atoms with Gasteiger partial charge in [0.15, 0.2) is 8.32 Å². The van der Waals surface area contributed by atoms with Gasteiger partial charge in [-0.25, -0.2) is 0 Å². The summed E-state index contributed by atoms with van der Waals surface area (Å²) in [6.07, 6.45) is 3.91. The Bertz CT molecular complexity index is 281. The Morgan fingerprint density at radius 1 is 1.44 bits per heavy atom. The van der Waals surface area contributed by atoms with E-state index in [0.717, 1.165) is 12.8 Å². The lowest BCUT2D eigenvalue weighted by Crippen LogP contribution is -2.43. The van der Waals surface area contributed by atoms with Crippen molar-refractivity contribution in [3.8, 4) is 9.85 Å². The Morgan fingerprint density at radius 3 is 2.38 bits per heavy atom. The average molecular weight is 350 g/mol. The molecule has 0 amide bonds. The molecule has 0 rings (SSSR count). The van der Waals surface area contributed by atoms with Crippen molar-refractivity contribution in [1.29, 1.82) is 0 Å². The summed E-state index contributed by atoms with van der Waals surface area (Å²) in [7, 11) is -1.70. The number of halogens is 1. The molecular weight excluding hydrogens is 327 g/mol. The molecule has 0 N–H and O–H groups in total. The summed E-state index contributed by atoms with van der Waals surface area (Å²) < 4.78 is 9.19. The normalized spacial score (nSPS) is 13.9. The molecule has 0 aliphatic carbocycles. The van der Waals surface area contributed by atoms with Gasteiger partial charge in [0.05, 0.1) is 0 Å². The van der Waals surface area contributed by atoms with Crippen molar-refractivity contribution in [3.63, 3.8) is 0 Å². The predicted molar refractivity (Wildman–Crippen MR) is 83.3 cm³/mol. The van der Waals surface area contributed by atoms with Crippen LogP contribution in [0.1, 0.15) is 33.6 Å². The molecule has 0 spiro atoms. The molecule has 0 bridgehead atoms. The molecule has 0 heterocycles. The Morgan fingerprint density at radius 2 is 2.00 bits per heavy atom. The van der Waals surface area contributed by atoms with E-state index in [4.69, 9.17) is 4.43 Å². The maximum absolute atomic E-state index is 6.26. The molecule has 16 heavy (non-hydrogen) atoms. The summed E-state index contributed by atoms with van der Waals surface area (Å²) >= 11 is 2.08. The Balaban J connectivity index is 4.59. The Kier molecular flexibility index (Phi) is 6.91. The molecular formula is C13H23IOSi. The highest BCUT2D eigenvalue weighted by Gasteiger charge is 2.38. The molecule has 1 atom stereocenters. The molecule has 0 unspecified atom stereocenters. The second-order valence-corrected chi connectivity index (χ2v) is 10.8. The minimum absolute atomic E-state index is 0.0655. The van der Waals surface area contributed by atoms with Gasteiger partial charge in [0.1, 0.15) is 6.10 Å². The van der Waals surface area contributed by atoms with Gasteiger partial charge in [-0.3, -0.25) is 0 Å². The van der Waals surface area contributed by atoms with Crippen molar-refractivity contribution in [1.82, 2.24) is 0 Å². The molecule has 0 aliphatic rings. The molecule has 0 radical (unpaired) electrons. The first-order chi connectivity index (χ1) is 7.24. The maximum atomic E-state index is 6.26. The molecule has 0 aliphatic heterocycles. The highest BCUT2D eigenvalue weighted by molar-refractivity contribution is 14.1. The van der Waals surface area contributed by atoms with Crippen molar-refractivity contribution < 1.29 is 4.43 Å². The van der Waals surface area contributed by atoms with Crippen LogP contribution >= 0.6 is 22.6 Å². The third kappa shape index (κ3) is 5.51. The molecule has 0 saturated carbocycles. The van der Waals surface area contributed by atoms with Crippen molar-refractivity contribution >= 4 is 30.9 Å². The zero-order chi connectivity index (χ0) is 12.8. The van der Waals surface area contributed by atoms with E-state index in [1.54, 1.807) is 0 Å². The molecule has 0 aromatic carbocycles. The van der Waals surface area contributed by atoms with Gasteiger partial charge >= 0.3 is 0 Å². The molecule has 0 fully saturated rings. The fraction of sp³-hybridized carbons (Fsp3) is 0.692. The van der Waals surface area contributed by atoms with Crippen LogP contribution in [0.2, 0.25) is 18.1 Å². The first kappa shape index (κ1) is 16.2. The Labute approximate surface area is 115 Å². The van der Waals surface area contributed by atoms with Crippen LogP contribution in [0.3, 0.4) is 0 Å². The summed E-state index contributed by atoms with van der Waals surface area (Å²) in [4.78, 5) is 0. The van der Waals surface area contributed by atoms with Crippen molar-refractivity contribution in [2.75, 3.05) is 0 Å². The lowest BCUT2D eigenvalue weighted by Gasteiger charge is -2.38. The topological polar surface area (TPSA) is 9.23 Å². The summed E-state index contributed by atoms with van der Waals surface area (Å²) in [5.74, 6) is 3.15. The molecule has 0 saturated heterocycles. The fourth-order valence-electron chi connectivity index (χ4n) is 1.02. The van der Waals surface area contributed by atoms with Gasteiger partial charge in [-0.05, 0) is 34.9 Å². The number of hydrogen-bond donors (Lipinski definition) is 0. The van der Waals surface area contributed by atoms with Crippen LogP contribution in [0.5, 0.6) is 0 Å². The minimum atomic E-state index is -1.70. The van der Waals surface area contributed by atoms with Crippen molar-refractivity contribution in [2.45, 2.75) is 57.8 Å². The summed E-state index contributed by atoms with van der Waals surface area (Å²) in [5, 5.41) is 0.242. The lowest BCUT2D eigenvalue weighted by atomic mass is 10.2. The first-order valence-corrected chi connectivity index (χ1v) is 9.63. The molecule has 92 valence electrons. The second-order valence-electron chi connectivity index (χ2n) is 5.47. The summed E-state index contributed by atoms with van der Waals surface area (Å²) in [5.41, 5.74) is 0. The van der Waals surface area contributed by atoms with Crippen LogP contribution < -0.4 is 0 Å². The van der Waals surface area contributed by atoms with Gasteiger partial charge in [-0.2, -0.15) is 0 Å². The molecule has 3 heteroatoms. The highest BCUT2D eigenvalue weighted by Crippen LogP contribution is 2.37. The van der Waals surface area contributed by atoms with E-state index in [-0.39, 0.29) is 11.1 Å². The number of hydrogen-bond acceptors (Lipinski definition) is 1. The summed E-state index contributed by atoms with van der Waals surface area (Å²) in [6.45, 7) is 15.0. The monoisotopic (exact) mass is 350 g/mol. The van der Waals surface area contributed by atoms with Gasteiger partial charge in [-0.15, -0.1) is 6.58 Å². The van der Waals surface area contributed by atoms with Crippen LogP contribution in [0.15, 0.2) is 12.7 Å². The fourth-order valence-corrected chi connectivity index (χ4v) is 2.61. The minimum Gasteiger partial charge on any atom is -0.403 e. The standard InChI is InChI=1S/C13H23IOSi/c1-7-8-9-12(10-11-14)15-16(5,6)13(2,3)4/h7,12H,1,8-9H2,2-6H3/t12-/m1/s1. The zero-order valence-electron chi connectivity index (χ0n) is 11.1. The van der Waals surface area contributed by atoms with Gasteiger partial charge in [0.2, 0.25) is 0 Å². The third-order valence-corrected chi connectivity index (χ3v) is 7.89. The van der Waals surface area contributed by atoms with E-state index in [9.17, 15) is 0 Å². The predicted octanol–water partition coefficient (Wildman–Crippen LogP) is 4.74. The van der Waals surface area contributed by atoms with Crippen LogP contribution in [-0.4, -0.2) is 14.4 Å². The smallest absolute Gasteiger partial charge is 0.193 e. The van der Waals surface area contributed by atoms with Gasteiger partial charge in [-0.1, -0.05) is 32.8 Å². The number of rotatable bonds is 5. The molecule has 1 nitrogen and oxygen atoms in total. The van der Waals surface area contributed by atoms with E-state index < -0.39 is 8.32 Å². The zero-order valence-corrected chi connectivity index (χ0v) is 14.2. The quantitative estimate of drug-likeness (QED) is 0.301. The van der Waals surface area contributed by atoms with Crippen molar-refractivity contribution in [2.24, 2.45) is 0 Å². The van der Waals surface area contributed by atoms with Gasteiger partial charge < -0.3 is 4.43 Å². The Hall–Kier alpha value is 0.207. The number of allylic oxidation sites excluding steroid dienone is 1. The first-order valence-electron chi connectivity index (χ1n) is 5.64. The van der Waals surface area contributed by atoms with Gasteiger partial charge in [0, 0.05) is 22.6 Å². The van der Waals surface area contributed by atoms with E-state index in [2.05, 4.69) is 72.9 Å². The second kappa shape index (κ2) is 6.82. The molecule has 0 aromatic heterocycles. The SMILES string of the molecule is C=CCC[C@H](C#CI)O[Si](C)(C)C(C)(C)C. The van der Waals surface area contributed by atoms with E-state index in [1.807, 2.05) is 6.08 Å². The maximum Gasteiger partial charge on any atom is 0.193 e. The van der Waals surface area contributed by atoms with Gasteiger partial charge in [0.25, 0.3) is 0 Å². The third-order valence-electron chi connectivity index (χ3n) is 3.09. The van der Waals surface area contributed by atoms with Crippen molar-refractivity contribution in [3.05, 3.63) is 12.7 Å². The van der Waals surface area contributed by atoms with E-state index in [0.29, 0.717) is 0 Å². The molecule has 0 aromatic rings. The largest absolute Gasteiger partial charge is 0.403 e. The lowest BCUT2D eigenvalue weighted by molar-refractivity contribution is 0.225. The van der Waals surface area contributed by atoms with E-state index >= 15 is 0 Å². The summed E-state index contributed by atoms with van der Waals surface area (Å²) in [6, 6.07) is 0. The van der Waals surface area contributed by atoms with Crippen LogP contribution in [0, 0.1) is 9.85 Å². The van der Waals surface area contributed by atoms with Crippen LogP contribution in [0.25, 0.3) is 0 Å². The van der Waals surface area contributed by atoms with E-state index in [1.165, 1.54) is 0 Å².